The number of nitrogens with one attached hydrogen (secondary N) is 2. The van der Waals surface area contributed by atoms with Crippen molar-refractivity contribution in [1.29, 1.82) is 0 Å². The summed E-state index contributed by atoms with van der Waals surface area (Å²) in [5.41, 5.74) is 1.26. The molecule has 6 nitrogen and oxygen atoms in total. The number of aliphatic hydroxyl groups excluding tert-OH is 1. The Hall–Kier alpha value is -2.99. The average molecular weight is 337 g/mol. The molecule has 1 atom stereocenters. The maximum atomic E-state index is 12.3. The SMILES string of the molecule is O=C(Cc1n[nH]c(=O)c2ccccc12)N[C@H](CO)Cc1ccccc1. The van der Waals surface area contributed by atoms with Crippen molar-refractivity contribution in [3.05, 3.63) is 76.2 Å². The number of H-pyrrole nitrogens is 1. The van der Waals surface area contributed by atoms with Crippen LogP contribution in [0.2, 0.25) is 0 Å². The second-order valence-corrected chi connectivity index (χ2v) is 5.86. The van der Waals surface area contributed by atoms with Crippen LogP contribution in [0.25, 0.3) is 10.8 Å². The third kappa shape index (κ3) is 4.10. The number of benzene rings is 2. The zero-order valence-electron chi connectivity index (χ0n) is 13.6. The van der Waals surface area contributed by atoms with Crippen LogP contribution in [-0.4, -0.2) is 33.9 Å². The molecule has 0 aliphatic rings. The third-order valence-corrected chi connectivity index (χ3v) is 4.01. The van der Waals surface area contributed by atoms with Crippen molar-refractivity contribution in [2.75, 3.05) is 6.61 Å². The van der Waals surface area contributed by atoms with Crippen LogP contribution < -0.4 is 10.9 Å². The molecule has 3 N–H and O–H groups in total. The van der Waals surface area contributed by atoms with Crippen molar-refractivity contribution in [2.24, 2.45) is 0 Å². The summed E-state index contributed by atoms with van der Waals surface area (Å²) in [6, 6.07) is 16.3. The van der Waals surface area contributed by atoms with Crippen LogP contribution in [0, 0.1) is 0 Å². The molecule has 3 aromatic rings. The standard InChI is InChI=1S/C19H19N3O3/c23-12-14(10-13-6-2-1-3-7-13)20-18(24)11-17-15-8-4-5-9-16(15)19(25)22-21-17/h1-9,14,23H,10-12H2,(H,20,24)(H,22,25)/t14-/m0/s1. The highest BCUT2D eigenvalue weighted by atomic mass is 16.3. The molecule has 128 valence electrons. The van der Waals surface area contributed by atoms with Crippen LogP contribution in [0.5, 0.6) is 0 Å². The van der Waals surface area contributed by atoms with Crippen molar-refractivity contribution in [2.45, 2.75) is 18.9 Å². The van der Waals surface area contributed by atoms with Crippen LogP contribution in [0.3, 0.4) is 0 Å². The number of carbonyl (C=O) groups is 1. The largest absolute Gasteiger partial charge is 0.394 e. The van der Waals surface area contributed by atoms with Crippen molar-refractivity contribution in [1.82, 2.24) is 15.5 Å². The molecule has 0 bridgehead atoms. The van der Waals surface area contributed by atoms with Gasteiger partial charge in [-0.05, 0) is 18.1 Å². The normalized spacial score (nSPS) is 12.0. The van der Waals surface area contributed by atoms with Gasteiger partial charge in [0.05, 0.1) is 30.1 Å². The number of hydrogen-bond donors (Lipinski definition) is 3. The lowest BCUT2D eigenvalue weighted by Crippen LogP contribution is -2.40. The summed E-state index contributed by atoms with van der Waals surface area (Å²) in [5, 5.41) is 19.9. The zero-order valence-corrected chi connectivity index (χ0v) is 13.6. The molecule has 0 aliphatic heterocycles. The van der Waals surface area contributed by atoms with Gasteiger partial charge in [-0.1, -0.05) is 48.5 Å². The van der Waals surface area contributed by atoms with E-state index < -0.39 is 0 Å². The van der Waals surface area contributed by atoms with Gasteiger partial charge < -0.3 is 10.4 Å². The van der Waals surface area contributed by atoms with Gasteiger partial charge in [0.25, 0.3) is 5.56 Å². The van der Waals surface area contributed by atoms with Gasteiger partial charge in [-0.3, -0.25) is 9.59 Å². The van der Waals surface area contributed by atoms with Crippen LogP contribution in [-0.2, 0) is 17.6 Å². The number of carbonyl (C=O) groups excluding carboxylic acids is 1. The molecular formula is C19H19N3O3. The first-order valence-electron chi connectivity index (χ1n) is 8.08. The second kappa shape index (κ2) is 7.72. The first-order chi connectivity index (χ1) is 12.2. The Morgan fingerprint density at radius 3 is 2.48 bits per heavy atom. The Balaban J connectivity index is 1.72. The number of hydrogen-bond acceptors (Lipinski definition) is 4. The molecule has 0 radical (unpaired) electrons. The third-order valence-electron chi connectivity index (χ3n) is 4.01. The van der Waals surface area contributed by atoms with E-state index in [0.717, 1.165) is 5.56 Å². The maximum Gasteiger partial charge on any atom is 0.272 e. The lowest BCUT2D eigenvalue weighted by Gasteiger charge is -2.16. The summed E-state index contributed by atoms with van der Waals surface area (Å²) in [4.78, 5) is 24.1. The highest BCUT2D eigenvalue weighted by Crippen LogP contribution is 2.13. The van der Waals surface area contributed by atoms with E-state index in [0.29, 0.717) is 22.9 Å². The quantitative estimate of drug-likeness (QED) is 0.629. The van der Waals surface area contributed by atoms with Crippen LogP contribution in [0.4, 0.5) is 0 Å². The average Bonchev–Trinajstić information content (AvgIpc) is 2.64. The van der Waals surface area contributed by atoms with Crippen LogP contribution in [0.15, 0.2) is 59.4 Å². The van der Waals surface area contributed by atoms with Crippen LogP contribution >= 0.6 is 0 Å². The minimum atomic E-state index is -0.371. The Bertz CT molecular complexity index is 922. The highest BCUT2D eigenvalue weighted by Gasteiger charge is 2.15. The van der Waals surface area contributed by atoms with E-state index in [4.69, 9.17) is 0 Å². The predicted octanol–water partition coefficient (Wildman–Crippen LogP) is 1.19. The number of rotatable bonds is 6. The molecule has 6 heteroatoms. The molecule has 0 fully saturated rings. The molecule has 1 amide bonds. The molecular weight excluding hydrogens is 318 g/mol. The molecule has 0 spiro atoms. The van der Waals surface area contributed by atoms with Gasteiger partial charge in [0.2, 0.25) is 5.91 Å². The monoisotopic (exact) mass is 337 g/mol. The first kappa shape index (κ1) is 16.9. The molecule has 0 saturated carbocycles. The maximum absolute atomic E-state index is 12.3. The topological polar surface area (TPSA) is 95.1 Å². The van der Waals surface area contributed by atoms with E-state index >= 15 is 0 Å². The minimum Gasteiger partial charge on any atom is -0.394 e. The van der Waals surface area contributed by atoms with E-state index in [2.05, 4.69) is 15.5 Å². The highest BCUT2D eigenvalue weighted by molar-refractivity contribution is 5.88. The van der Waals surface area contributed by atoms with Crippen molar-refractivity contribution in [3.63, 3.8) is 0 Å². The summed E-state index contributed by atoms with van der Waals surface area (Å²) in [5.74, 6) is -0.250. The summed E-state index contributed by atoms with van der Waals surface area (Å²) in [6.45, 7) is -0.152. The summed E-state index contributed by atoms with van der Waals surface area (Å²) < 4.78 is 0. The number of nitrogens with zero attached hydrogens (tertiary/aromatic N) is 1. The fourth-order valence-electron chi connectivity index (χ4n) is 2.80. The number of aromatic amines is 1. The Morgan fingerprint density at radius 2 is 1.76 bits per heavy atom. The van der Waals surface area contributed by atoms with Gasteiger partial charge in [0.15, 0.2) is 0 Å². The molecule has 0 saturated heterocycles. The Labute approximate surface area is 144 Å². The lowest BCUT2D eigenvalue weighted by atomic mass is 10.1. The molecule has 0 unspecified atom stereocenters. The van der Waals surface area contributed by atoms with Gasteiger partial charge >= 0.3 is 0 Å². The summed E-state index contributed by atoms with van der Waals surface area (Å²) in [6.07, 6.45) is 0.575. The molecule has 25 heavy (non-hydrogen) atoms. The second-order valence-electron chi connectivity index (χ2n) is 5.86. The predicted molar refractivity (Wildman–Crippen MR) is 95.2 cm³/mol. The zero-order chi connectivity index (χ0) is 17.6. The fraction of sp³-hybridized carbons (Fsp3) is 0.211. The van der Waals surface area contributed by atoms with Crippen molar-refractivity contribution < 1.29 is 9.90 Å². The smallest absolute Gasteiger partial charge is 0.272 e. The summed E-state index contributed by atoms with van der Waals surface area (Å²) in [7, 11) is 0. The van der Waals surface area contributed by atoms with Gasteiger partial charge in [-0.2, -0.15) is 5.10 Å². The van der Waals surface area contributed by atoms with Crippen molar-refractivity contribution in [3.8, 4) is 0 Å². The molecule has 3 rings (SSSR count). The van der Waals surface area contributed by atoms with E-state index in [9.17, 15) is 14.7 Å². The number of aliphatic hydroxyl groups is 1. The van der Waals surface area contributed by atoms with Gasteiger partial charge in [-0.25, -0.2) is 5.10 Å². The summed E-state index contributed by atoms with van der Waals surface area (Å²) >= 11 is 0. The molecule has 0 aliphatic carbocycles. The Kier molecular flexibility index (Phi) is 5.20. The van der Waals surface area contributed by atoms with E-state index in [1.807, 2.05) is 30.3 Å². The number of fused-ring (bicyclic) bond motifs is 1. The van der Waals surface area contributed by atoms with Crippen LogP contribution in [0.1, 0.15) is 11.3 Å². The van der Waals surface area contributed by atoms with Gasteiger partial charge in [0, 0.05) is 5.39 Å². The Morgan fingerprint density at radius 1 is 1.08 bits per heavy atom. The van der Waals surface area contributed by atoms with E-state index in [1.54, 1.807) is 24.3 Å². The van der Waals surface area contributed by atoms with E-state index in [-0.39, 0.29) is 30.5 Å². The number of amides is 1. The number of aromatic nitrogens is 2. The minimum absolute atomic E-state index is 0.0303. The lowest BCUT2D eigenvalue weighted by molar-refractivity contribution is -0.121. The molecule has 2 aromatic carbocycles. The van der Waals surface area contributed by atoms with Gasteiger partial charge in [0.1, 0.15) is 0 Å². The molecule has 1 heterocycles. The van der Waals surface area contributed by atoms with Crippen molar-refractivity contribution >= 4 is 16.7 Å². The first-order valence-corrected chi connectivity index (χ1v) is 8.08. The molecule has 1 aromatic heterocycles. The van der Waals surface area contributed by atoms with E-state index in [1.165, 1.54) is 0 Å². The van der Waals surface area contributed by atoms with Gasteiger partial charge in [-0.15, -0.1) is 0 Å². The fourth-order valence-corrected chi connectivity index (χ4v) is 2.80.